The van der Waals surface area contributed by atoms with Gasteiger partial charge in [-0.1, -0.05) is 51.8 Å². The second-order valence-corrected chi connectivity index (χ2v) is 8.13. The van der Waals surface area contributed by atoms with Crippen molar-refractivity contribution in [3.63, 3.8) is 0 Å². The summed E-state index contributed by atoms with van der Waals surface area (Å²) in [5.74, 6) is -0.00356. The molecule has 0 fully saturated rings. The Kier molecular flexibility index (Phi) is 5.49. The van der Waals surface area contributed by atoms with E-state index in [1.165, 1.54) is 5.56 Å². The number of aromatic nitrogens is 2. The number of carbonyl (C=O) groups is 1. The Morgan fingerprint density at radius 1 is 1.07 bits per heavy atom. The van der Waals surface area contributed by atoms with Crippen molar-refractivity contribution >= 4 is 33.2 Å². The number of carbonyl (C=O) groups excluding carboxylic acids is 1. The van der Waals surface area contributed by atoms with Gasteiger partial charge in [-0.3, -0.25) is 4.79 Å². The highest BCUT2D eigenvalue weighted by Crippen LogP contribution is 2.26. The molecule has 0 atom stereocenters. The number of aryl methyl sites for hydroxylation is 3. The van der Waals surface area contributed by atoms with E-state index in [0.717, 1.165) is 38.3 Å². The Morgan fingerprint density at radius 3 is 2.62 bits per heavy atom. The maximum Gasteiger partial charge on any atom is 0.224 e. The van der Waals surface area contributed by atoms with E-state index in [9.17, 15) is 4.79 Å². The van der Waals surface area contributed by atoms with Crippen LogP contribution in [0, 0.1) is 13.8 Å². The van der Waals surface area contributed by atoms with Crippen molar-refractivity contribution in [2.24, 2.45) is 0 Å². The lowest BCUT2D eigenvalue weighted by Gasteiger charge is -2.10. The Hall–Kier alpha value is -2.92. The van der Waals surface area contributed by atoms with Crippen LogP contribution in [0.15, 0.2) is 71.3 Å². The van der Waals surface area contributed by atoms with Crippen LogP contribution in [0.25, 0.3) is 16.9 Å². The van der Waals surface area contributed by atoms with E-state index in [0.29, 0.717) is 12.8 Å². The highest BCUT2D eigenvalue weighted by Gasteiger charge is 2.15. The fraction of sp³-hybridized carbons (Fsp3) is 0.167. The minimum absolute atomic E-state index is 0.00356. The van der Waals surface area contributed by atoms with Gasteiger partial charge in [0.1, 0.15) is 5.65 Å². The molecule has 29 heavy (non-hydrogen) atoms. The zero-order chi connectivity index (χ0) is 20.4. The van der Waals surface area contributed by atoms with Crippen molar-refractivity contribution in [3.8, 4) is 11.3 Å². The smallest absolute Gasteiger partial charge is 0.224 e. The summed E-state index contributed by atoms with van der Waals surface area (Å²) in [6.45, 7) is 4.06. The zero-order valence-corrected chi connectivity index (χ0v) is 18.0. The Bertz CT molecular complexity index is 1180. The number of benzene rings is 2. The SMILES string of the molecule is Cc1ccc(-c2nc3ccccn3c2CCC(=O)Nc2ccc(Br)cc2C)cc1. The molecule has 2 aromatic heterocycles. The van der Waals surface area contributed by atoms with Gasteiger partial charge in [-0.05, 0) is 56.2 Å². The Labute approximate surface area is 178 Å². The summed E-state index contributed by atoms with van der Waals surface area (Å²) in [5, 5.41) is 3.03. The van der Waals surface area contributed by atoms with Crippen LogP contribution in [-0.2, 0) is 11.2 Å². The molecule has 4 rings (SSSR count). The number of hydrogen-bond donors (Lipinski definition) is 1. The van der Waals surface area contributed by atoms with Gasteiger partial charge in [-0.2, -0.15) is 0 Å². The van der Waals surface area contributed by atoms with Crippen LogP contribution >= 0.6 is 15.9 Å². The van der Waals surface area contributed by atoms with Gasteiger partial charge in [0, 0.05) is 28.3 Å². The molecule has 0 aliphatic rings. The summed E-state index contributed by atoms with van der Waals surface area (Å²) in [7, 11) is 0. The first-order valence-electron chi connectivity index (χ1n) is 9.60. The summed E-state index contributed by atoms with van der Waals surface area (Å²) in [6.07, 6.45) is 3.00. The first-order valence-corrected chi connectivity index (χ1v) is 10.4. The van der Waals surface area contributed by atoms with Gasteiger partial charge in [0.15, 0.2) is 0 Å². The largest absolute Gasteiger partial charge is 0.326 e. The van der Waals surface area contributed by atoms with Gasteiger partial charge in [0.25, 0.3) is 0 Å². The summed E-state index contributed by atoms with van der Waals surface area (Å²) < 4.78 is 3.08. The van der Waals surface area contributed by atoms with Gasteiger partial charge >= 0.3 is 0 Å². The summed E-state index contributed by atoms with van der Waals surface area (Å²) in [5.41, 5.74) is 7.03. The molecule has 146 valence electrons. The molecule has 0 radical (unpaired) electrons. The van der Waals surface area contributed by atoms with E-state index in [1.807, 2.05) is 49.5 Å². The number of amides is 1. The maximum absolute atomic E-state index is 12.6. The van der Waals surface area contributed by atoms with Crippen molar-refractivity contribution in [1.29, 1.82) is 0 Å². The number of halogens is 1. The van der Waals surface area contributed by atoms with E-state index >= 15 is 0 Å². The quantitative estimate of drug-likeness (QED) is 0.410. The fourth-order valence-electron chi connectivity index (χ4n) is 3.44. The number of nitrogens with one attached hydrogen (secondary N) is 1. The lowest BCUT2D eigenvalue weighted by Crippen LogP contribution is -2.14. The molecule has 0 spiro atoms. The van der Waals surface area contributed by atoms with Crippen LogP contribution in [0.3, 0.4) is 0 Å². The van der Waals surface area contributed by atoms with Crippen LogP contribution in [0.1, 0.15) is 23.2 Å². The van der Waals surface area contributed by atoms with E-state index in [1.54, 1.807) is 0 Å². The zero-order valence-electron chi connectivity index (χ0n) is 16.4. The van der Waals surface area contributed by atoms with Crippen LogP contribution < -0.4 is 5.32 Å². The number of nitrogens with zero attached hydrogens (tertiary/aromatic N) is 2. The number of anilines is 1. The molecule has 0 aliphatic heterocycles. The normalized spacial score (nSPS) is 11.0. The molecule has 0 saturated heterocycles. The number of pyridine rings is 1. The highest BCUT2D eigenvalue weighted by molar-refractivity contribution is 9.10. The van der Waals surface area contributed by atoms with Gasteiger partial charge in [0.2, 0.25) is 5.91 Å². The van der Waals surface area contributed by atoms with Gasteiger partial charge < -0.3 is 9.72 Å². The second-order valence-electron chi connectivity index (χ2n) is 7.21. The summed E-state index contributed by atoms with van der Waals surface area (Å²) in [6, 6.07) is 20.2. The van der Waals surface area contributed by atoms with Crippen LogP contribution in [0.4, 0.5) is 5.69 Å². The highest BCUT2D eigenvalue weighted by atomic mass is 79.9. The molecular weight excluding hydrogens is 426 g/mol. The molecule has 2 aromatic carbocycles. The van der Waals surface area contributed by atoms with E-state index in [2.05, 4.69) is 56.8 Å². The average Bonchev–Trinajstić information content (AvgIpc) is 3.08. The molecule has 0 saturated carbocycles. The third-order valence-corrected chi connectivity index (χ3v) is 5.50. The third-order valence-electron chi connectivity index (χ3n) is 5.01. The second kappa shape index (κ2) is 8.21. The first kappa shape index (κ1) is 19.4. The van der Waals surface area contributed by atoms with Crippen molar-refractivity contribution < 1.29 is 4.79 Å². The number of rotatable bonds is 5. The Balaban J connectivity index is 1.59. The minimum atomic E-state index is -0.00356. The lowest BCUT2D eigenvalue weighted by atomic mass is 10.1. The number of imidazole rings is 1. The van der Waals surface area contributed by atoms with Crippen molar-refractivity contribution in [2.75, 3.05) is 5.32 Å². The number of fused-ring (bicyclic) bond motifs is 1. The molecule has 4 aromatic rings. The molecule has 0 bridgehead atoms. The number of hydrogen-bond acceptors (Lipinski definition) is 2. The van der Waals surface area contributed by atoms with Crippen LogP contribution in [-0.4, -0.2) is 15.3 Å². The monoisotopic (exact) mass is 447 g/mol. The molecule has 1 N–H and O–H groups in total. The first-order chi connectivity index (χ1) is 14.0. The lowest BCUT2D eigenvalue weighted by molar-refractivity contribution is -0.116. The fourth-order valence-corrected chi connectivity index (χ4v) is 3.92. The molecule has 0 unspecified atom stereocenters. The van der Waals surface area contributed by atoms with Crippen molar-refractivity contribution in [2.45, 2.75) is 26.7 Å². The molecule has 2 heterocycles. The van der Waals surface area contributed by atoms with Crippen molar-refractivity contribution in [3.05, 3.63) is 88.2 Å². The summed E-state index contributed by atoms with van der Waals surface area (Å²) >= 11 is 3.45. The van der Waals surface area contributed by atoms with Crippen LogP contribution in [0.5, 0.6) is 0 Å². The predicted molar refractivity (Wildman–Crippen MR) is 121 cm³/mol. The molecule has 4 nitrogen and oxygen atoms in total. The van der Waals surface area contributed by atoms with Gasteiger partial charge in [-0.15, -0.1) is 0 Å². The molecule has 0 aliphatic carbocycles. The standard InChI is InChI=1S/C24H22BrN3O/c1-16-6-8-18(9-7-16)24-21(28-14-4-3-5-22(28)27-24)12-13-23(29)26-20-11-10-19(25)15-17(20)2/h3-11,14-15H,12-13H2,1-2H3,(H,26,29). The average molecular weight is 448 g/mol. The molecule has 1 amide bonds. The van der Waals surface area contributed by atoms with E-state index in [4.69, 9.17) is 4.98 Å². The van der Waals surface area contributed by atoms with E-state index < -0.39 is 0 Å². The van der Waals surface area contributed by atoms with Gasteiger partial charge in [0.05, 0.1) is 11.4 Å². The van der Waals surface area contributed by atoms with Crippen molar-refractivity contribution in [1.82, 2.24) is 9.38 Å². The molecular formula is C24H22BrN3O. The topological polar surface area (TPSA) is 46.4 Å². The molecule has 5 heteroatoms. The van der Waals surface area contributed by atoms with Gasteiger partial charge in [-0.25, -0.2) is 4.98 Å². The summed E-state index contributed by atoms with van der Waals surface area (Å²) in [4.78, 5) is 17.4. The van der Waals surface area contributed by atoms with E-state index in [-0.39, 0.29) is 5.91 Å². The third kappa shape index (κ3) is 4.25. The minimum Gasteiger partial charge on any atom is -0.326 e. The van der Waals surface area contributed by atoms with Crippen LogP contribution in [0.2, 0.25) is 0 Å². The Morgan fingerprint density at radius 2 is 1.86 bits per heavy atom. The predicted octanol–water partition coefficient (Wildman–Crippen LogP) is 5.95. The maximum atomic E-state index is 12.6.